The molecule has 0 saturated carbocycles. The summed E-state index contributed by atoms with van der Waals surface area (Å²) in [5.41, 5.74) is 1.52. The fourth-order valence-corrected chi connectivity index (χ4v) is 3.09. The first-order valence-electron chi connectivity index (χ1n) is 8.06. The van der Waals surface area contributed by atoms with E-state index in [1.165, 1.54) is 0 Å². The third-order valence-electron chi connectivity index (χ3n) is 3.76. The lowest BCUT2D eigenvalue weighted by atomic mass is 10.2. The van der Waals surface area contributed by atoms with Gasteiger partial charge in [0.2, 0.25) is 11.8 Å². The Morgan fingerprint density at radius 2 is 1.92 bits per heavy atom. The van der Waals surface area contributed by atoms with Crippen molar-refractivity contribution in [3.05, 3.63) is 51.2 Å². The minimum atomic E-state index is -0.168. The van der Waals surface area contributed by atoms with Gasteiger partial charge < -0.3 is 10.6 Å². The molecule has 0 atom stereocenters. The number of carbonyl (C=O) groups is 2. The van der Waals surface area contributed by atoms with Gasteiger partial charge >= 0.3 is 0 Å². The van der Waals surface area contributed by atoms with E-state index in [-0.39, 0.29) is 24.9 Å². The number of carbonyl (C=O) groups excluding carboxylic acids is 2. The van der Waals surface area contributed by atoms with Crippen LogP contribution in [0.1, 0.15) is 17.4 Å². The summed E-state index contributed by atoms with van der Waals surface area (Å²) in [6.45, 7) is 5.23. The van der Waals surface area contributed by atoms with E-state index in [0.717, 1.165) is 10.4 Å². The molecule has 0 bridgehead atoms. The molecule has 2 aromatic rings. The maximum Gasteiger partial charge on any atom is 0.238 e. The van der Waals surface area contributed by atoms with E-state index in [2.05, 4.69) is 10.6 Å². The molecule has 0 fully saturated rings. The van der Waals surface area contributed by atoms with Crippen LogP contribution in [0.15, 0.2) is 35.7 Å². The summed E-state index contributed by atoms with van der Waals surface area (Å²) < 4.78 is 0. The number of nitrogens with zero attached hydrogens (tertiary/aromatic N) is 1. The molecule has 2 rings (SSSR count). The van der Waals surface area contributed by atoms with Gasteiger partial charge in [0.25, 0.3) is 0 Å². The molecule has 0 unspecified atom stereocenters. The van der Waals surface area contributed by atoms with Crippen LogP contribution in [0.5, 0.6) is 0 Å². The zero-order valence-corrected chi connectivity index (χ0v) is 15.9. The van der Waals surface area contributed by atoms with Gasteiger partial charge in [0.15, 0.2) is 0 Å². The molecule has 1 aromatic carbocycles. The highest BCUT2D eigenvalue weighted by atomic mass is 35.5. The van der Waals surface area contributed by atoms with Crippen LogP contribution in [0.2, 0.25) is 5.02 Å². The van der Waals surface area contributed by atoms with Crippen molar-refractivity contribution in [2.45, 2.75) is 20.4 Å². The number of rotatable bonds is 8. The monoisotopic (exact) mass is 379 g/mol. The predicted molar refractivity (Wildman–Crippen MR) is 103 cm³/mol. The second-order valence-corrected chi connectivity index (χ2v) is 7.06. The summed E-state index contributed by atoms with van der Waals surface area (Å²) in [6, 6.07) is 9.31. The molecule has 0 aliphatic rings. The van der Waals surface area contributed by atoms with Crippen molar-refractivity contribution in [3.63, 3.8) is 0 Å². The predicted octanol–water partition coefficient (Wildman–Crippen LogP) is 3.29. The number of anilines is 1. The van der Waals surface area contributed by atoms with Gasteiger partial charge in [-0.25, -0.2) is 0 Å². The van der Waals surface area contributed by atoms with Gasteiger partial charge in [-0.05, 0) is 42.6 Å². The lowest BCUT2D eigenvalue weighted by Gasteiger charge is -2.19. The summed E-state index contributed by atoms with van der Waals surface area (Å²) in [5, 5.41) is 8.30. The topological polar surface area (TPSA) is 61.4 Å². The van der Waals surface area contributed by atoms with E-state index >= 15 is 0 Å². The van der Waals surface area contributed by atoms with Crippen LogP contribution in [-0.2, 0) is 16.1 Å². The highest BCUT2D eigenvalue weighted by Crippen LogP contribution is 2.22. The molecule has 0 saturated heterocycles. The molecule has 25 heavy (non-hydrogen) atoms. The Morgan fingerprint density at radius 1 is 1.16 bits per heavy atom. The van der Waals surface area contributed by atoms with E-state index in [1.807, 2.05) is 37.4 Å². The van der Waals surface area contributed by atoms with Gasteiger partial charge in [-0.1, -0.05) is 30.7 Å². The van der Waals surface area contributed by atoms with E-state index in [1.54, 1.807) is 28.4 Å². The van der Waals surface area contributed by atoms with Crippen molar-refractivity contribution >= 4 is 40.4 Å². The zero-order valence-electron chi connectivity index (χ0n) is 14.3. The van der Waals surface area contributed by atoms with E-state index in [4.69, 9.17) is 11.6 Å². The fraction of sp³-hybridized carbons (Fsp3) is 0.333. The van der Waals surface area contributed by atoms with Crippen molar-refractivity contribution in [2.75, 3.05) is 25.0 Å². The highest BCUT2D eigenvalue weighted by Gasteiger charge is 2.14. The summed E-state index contributed by atoms with van der Waals surface area (Å²) >= 11 is 7.66. The minimum Gasteiger partial charge on any atom is -0.350 e. The molecule has 7 heteroatoms. The number of halogens is 1. The Morgan fingerprint density at radius 3 is 2.60 bits per heavy atom. The van der Waals surface area contributed by atoms with Crippen LogP contribution in [0, 0.1) is 6.92 Å². The quantitative estimate of drug-likeness (QED) is 0.739. The zero-order chi connectivity index (χ0) is 18.2. The molecular formula is C18H22ClN3O2S. The SMILES string of the molecule is CCN(CC(=O)NCc1cccs1)CC(=O)Nc1cccc(Cl)c1C. The highest BCUT2D eigenvalue weighted by molar-refractivity contribution is 7.09. The minimum absolute atomic E-state index is 0.0954. The average Bonchev–Trinajstić information content (AvgIpc) is 3.10. The van der Waals surface area contributed by atoms with Crippen molar-refractivity contribution < 1.29 is 9.59 Å². The van der Waals surface area contributed by atoms with Gasteiger partial charge in [-0.3, -0.25) is 14.5 Å². The summed E-state index contributed by atoms with van der Waals surface area (Å²) in [6.07, 6.45) is 0. The van der Waals surface area contributed by atoms with Crippen molar-refractivity contribution in [1.82, 2.24) is 10.2 Å². The van der Waals surface area contributed by atoms with Crippen LogP contribution < -0.4 is 10.6 Å². The smallest absolute Gasteiger partial charge is 0.238 e. The third kappa shape index (κ3) is 6.16. The first-order valence-corrected chi connectivity index (χ1v) is 9.31. The number of amides is 2. The lowest BCUT2D eigenvalue weighted by molar-refractivity contribution is -0.123. The van der Waals surface area contributed by atoms with Gasteiger partial charge in [0.1, 0.15) is 0 Å². The average molecular weight is 380 g/mol. The van der Waals surface area contributed by atoms with Gasteiger partial charge in [0, 0.05) is 15.6 Å². The maximum absolute atomic E-state index is 12.2. The number of likely N-dealkylation sites (N-methyl/N-ethyl adjacent to an activating group) is 1. The number of nitrogens with one attached hydrogen (secondary N) is 2. The normalized spacial score (nSPS) is 10.7. The summed E-state index contributed by atoms with van der Waals surface area (Å²) in [5.74, 6) is -0.264. The van der Waals surface area contributed by atoms with E-state index in [9.17, 15) is 9.59 Å². The molecule has 0 aliphatic heterocycles. The largest absolute Gasteiger partial charge is 0.350 e. The second-order valence-electron chi connectivity index (χ2n) is 5.62. The molecular weight excluding hydrogens is 358 g/mol. The van der Waals surface area contributed by atoms with Gasteiger partial charge in [-0.2, -0.15) is 0 Å². The summed E-state index contributed by atoms with van der Waals surface area (Å²) in [4.78, 5) is 27.2. The first-order chi connectivity index (χ1) is 12.0. The molecule has 2 N–H and O–H groups in total. The molecule has 2 amide bonds. The number of hydrogen-bond donors (Lipinski definition) is 2. The van der Waals surface area contributed by atoms with Crippen LogP contribution >= 0.6 is 22.9 Å². The molecule has 0 aliphatic carbocycles. The Labute approximate surface area is 157 Å². The Hall–Kier alpha value is -1.89. The molecule has 1 aromatic heterocycles. The van der Waals surface area contributed by atoms with Crippen LogP contribution in [0.25, 0.3) is 0 Å². The Bertz CT molecular complexity index is 719. The van der Waals surface area contributed by atoms with E-state index < -0.39 is 0 Å². The first kappa shape index (κ1) is 19.4. The number of hydrogen-bond acceptors (Lipinski definition) is 4. The van der Waals surface area contributed by atoms with Crippen LogP contribution in [0.4, 0.5) is 5.69 Å². The molecule has 134 valence electrons. The fourth-order valence-electron chi connectivity index (χ4n) is 2.27. The van der Waals surface area contributed by atoms with Crippen molar-refractivity contribution in [2.24, 2.45) is 0 Å². The lowest BCUT2D eigenvalue weighted by Crippen LogP contribution is -2.40. The van der Waals surface area contributed by atoms with Crippen LogP contribution in [0.3, 0.4) is 0 Å². The standard InChI is InChI=1S/C18H22ClN3O2S/c1-3-22(11-17(23)20-10-14-6-5-9-25-14)12-18(24)21-16-8-4-7-15(19)13(16)2/h4-9H,3,10-12H2,1-2H3,(H,20,23)(H,21,24). The van der Waals surface area contributed by atoms with Crippen molar-refractivity contribution in [3.8, 4) is 0 Å². The molecule has 5 nitrogen and oxygen atoms in total. The second kappa shape index (κ2) is 9.56. The maximum atomic E-state index is 12.2. The van der Waals surface area contributed by atoms with Gasteiger partial charge in [0.05, 0.1) is 19.6 Å². The molecule has 0 spiro atoms. The third-order valence-corrected chi connectivity index (χ3v) is 5.05. The van der Waals surface area contributed by atoms with Crippen molar-refractivity contribution in [1.29, 1.82) is 0 Å². The summed E-state index contributed by atoms with van der Waals surface area (Å²) in [7, 11) is 0. The Kier molecular flexibility index (Phi) is 7.43. The number of thiophene rings is 1. The number of benzene rings is 1. The van der Waals surface area contributed by atoms with Crippen LogP contribution in [-0.4, -0.2) is 36.3 Å². The van der Waals surface area contributed by atoms with Gasteiger partial charge in [-0.15, -0.1) is 11.3 Å². The van der Waals surface area contributed by atoms with E-state index in [0.29, 0.717) is 23.8 Å². The molecule has 1 heterocycles. The Balaban J connectivity index is 1.82. The molecule has 0 radical (unpaired) electrons.